The van der Waals surface area contributed by atoms with E-state index in [1.807, 2.05) is 0 Å². The third kappa shape index (κ3) is 4.61. The van der Waals surface area contributed by atoms with Gasteiger partial charge in [0.25, 0.3) is 5.69 Å². The molecular formula is C15H10Cl2F3N3O2. The third-order valence-corrected chi connectivity index (χ3v) is 3.94. The molecule has 132 valence electrons. The maximum Gasteiger partial charge on any atom is 0.416 e. The Labute approximate surface area is 150 Å². The van der Waals surface area contributed by atoms with Crippen molar-refractivity contribution in [2.75, 3.05) is 5.43 Å². The topological polar surface area (TPSA) is 67.5 Å². The fourth-order valence-electron chi connectivity index (χ4n) is 1.88. The van der Waals surface area contributed by atoms with Crippen molar-refractivity contribution in [3.05, 3.63) is 67.7 Å². The third-order valence-electron chi connectivity index (χ3n) is 3.20. The summed E-state index contributed by atoms with van der Waals surface area (Å²) in [5, 5.41) is 15.6. The minimum absolute atomic E-state index is 0.169. The van der Waals surface area contributed by atoms with Gasteiger partial charge in [-0.1, -0.05) is 29.3 Å². The quantitative estimate of drug-likeness (QED) is 0.409. The van der Waals surface area contributed by atoms with Crippen molar-refractivity contribution in [2.24, 2.45) is 5.10 Å². The molecule has 0 saturated carbocycles. The highest BCUT2D eigenvalue weighted by molar-refractivity contribution is 6.42. The number of nitro benzene ring substituents is 1. The second-order valence-corrected chi connectivity index (χ2v) is 5.74. The summed E-state index contributed by atoms with van der Waals surface area (Å²) in [6.07, 6.45) is -4.68. The van der Waals surface area contributed by atoms with Crippen LogP contribution in [-0.4, -0.2) is 10.6 Å². The van der Waals surface area contributed by atoms with Crippen LogP contribution < -0.4 is 5.43 Å². The highest BCUT2D eigenvalue weighted by Crippen LogP contribution is 2.35. The SMILES string of the molecule is CC(=NNc1ccc(C(F)(F)F)cc1[N+](=O)[O-])c1ccc(Cl)c(Cl)c1. The average molecular weight is 392 g/mol. The first kappa shape index (κ1) is 19.0. The summed E-state index contributed by atoms with van der Waals surface area (Å²) in [5.41, 5.74) is 1.39. The molecule has 0 amide bonds. The van der Waals surface area contributed by atoms with E-state index in [1.54, 1.807) is 25.1 Å². The molecule has 0 bridgehead atoms. The van der Waals surface area contributed by atoms with Crippen LogP contribution in [0.25, 0.3) is 0 Å². The van der Waals surface area contributed by atoms with E-state index in [2.05, 4.69) is 10.5 Å². The van der Waals surface area contributed by atoms with E-state index in [9.17, 15) is 23.3 Å². The van der Waals surface area contributed by atoms with E-state index in [0.29, 0.717) is 27.4 Å². The molecule has 0 radical (unpaired) electrons. The van der Waals surface area contributed by atoms with Gasteiger partial charge >= 0.3 is 6.18 Å². The van der Waals surface area contributed by atoms with E-state index < -0.39 is 22.4 Å². The molecule has 0 aliphatic carbocycles. The molecule has 0 saturated heterocycles. The molecule has 0 heterocycles. The maximum absolute atomic E-state index is 12.7. The van der Waals surface area contributed by atoms with Gasteiger partial charge in [0.05, 0.1) is 26.2 Å². The molecule has 0 fully saturated rings. The van der Waals surface area contributed by atoms with E-state index in [-0.39, 0.29) is 5.69 Å². The zero-order chi connectivity index (χ0) is 18.8. The van der Waals surface area contributed by atoms with Crippen molar-refractivity contribution >= 4 is 40.3 Å². The van der Waals surface area contributed by atoms with E-state index in [4.69, 9.17) is 23.2 Å². The van der Waals surface area contributed by atoms with Crippen molar-refractivity contribution < 1.29 is 18.1 Å². The average Bonchev–Trinajstić information content (AvgIpc) is 2.54. The summed E-state index contributed by atoms with van der Waals surface area (Å²) in [6.45, 7) is 1.60. The summed E-state index contributed by atoms with van der Waals surface area (Å²) >= 11 is 11.7. The van der Waals surface area contributed by atoms with Crippen molar-refractivity contribution in [3.8, 4) is 0 Å². The lowest BCUT2D eigenvalue weighted by Gasteiger charge is -2.09. The van der Waals surface area contributed by atoms with Gasteiger partial charge < -0.3 is 0 Å². The Morgan fingerprint density at radius 3 is 2.40 bits per heavy atom. The van der Waals surface area contributed by atoms with Crippen LogP contribution in [0.4, 0.5) is 24.5 Å². The highest BCUT2D eigenvalue weighted by atomic mass is 35.5. The van der Waals surface area contributed by atoms with Gasteiger partial charge in [0.2, 0.25) is 0 Å². The number of hydrogen-bond donors (Lipinski definition) is 1. The lowest BCUT2D eigenvalue weighted by Crippen LogP contribution is -2.07. The normalized spacial score (nSPS) is 12.2. The number of nitro groups is 1. The Bertz CT molecular complexity index is 854. The van der Waals surface area contributed by atoms with E-state index in [1.165, 1.54) is 0 Å². The molecule has 0 unspecified atom stereocenters. The fraction of sp³-hybridized carbons (Fsp3) is 0.133. The van der Waals surface area contributed by atoms with Gasteiger partial charge in [-0.05, 0) is 36.8 Å². The molecule has 0 aromatic heterocycles. The van der Waals surface area contributed by atoms with Crippen molar-refractivity contribution in [1.29, 1.82) is 0 Å². The summed E-state index contributed by atoms with van der Waals surface area (Å²) in [6, 6.07) is 6.87. The summed E-state index contributed by atoms with van der Waals surface area (Å²) in [5.74, 6) is 0. The monoisotopic (exact) mass is 391 g/mol. The van der Waals surface area contributed by atoms with E-state index >= 15 is 0 Å². The number of anilines is 1. The number of alkyl halides is 3. The molecule has 5 nitrogen and oxygen atoms in total. The first-order valence-corrected chi connectivity index (χ1v) is 7.46. The molecule has 0 atom stereocenters. The zero-order valence-electron chi connectivity index (χ0n) is 12.6. The molecule has 0 aliphatic heterocycles. The second-order valence-electron chi connectivity index (χ2n) is 4.92. The van der Waals surface area contributed by atoms with Crippen LogP contribution in [0.3, 0.4) is 0 Å². The highest BCUT2D eigenvalue weighted by Gasteiger charge is 2.33. The van der Waals surface area contributed by atoms with Gasteiger partial charge in [-0.15, -0.1) is 0 Å². The molecule has 1 N–H and O–H groups in total. The van der Waals surface area contributed by atoms with Crippen LogP contribution in [0.1, 0.15) is 18.1 Å². The van der Waals surface area contributed by atoms with Crippen LogP contribution >= 0.6 is 23.2 Å². The Hall–Kier alpha value is -2.32. The van der Waals surface area contributed by atoms with Crippen molar-refractivity contribution in [3.63, 3.8) is 0 Å². The Morgan fingerprint density at radius 1 is 1.16 bits per heavy atom. The molecule has 25 heavy (non-hydrogen) atoms. The van der Waals surface area contributed by atoms with Gasteiger partial charge in [-0.2, -0.15) is 18.3 Å². The predicted octanol–water partition coefficient (Wildman–Crippen LogP) is 5.76. The lowest BCUT2D eigenvalue weighted by atomic mass is 10.1. The van der Waals surface area contributed by atoms with Crippen LogP contribution in [0.15, 0.2) is 41.5 Å². The largest absolute Gasteiger partial charge is 0.416 e. The van der Waals surface area contributed by atoms with Gasteiger partial charge in [0.1, 0.15) is 5.69 Å². The lowest BCUT2D eigenvalue weighted by molar-refractivity contribution is -0.384. The molecule has 2 aromatic rings. The first-order valence-electron chi connectivity index (χ1n) is 6.71. The molecule has 0 spiro atoms. The molecule has 10 heteroatoms. The minimum atomic E-state index is -4.68. The van der Waals surface area contributed by atoms with Crippen molar-refractivity contribution in [2.45, 2.75) is 13.1 Å². The van der Waals surface area contributed by atoms with Gasteiger partial charge in [0, 0.05) is 6.07 Å². The summed E-state index contributed by atoms with van der Waals surface area (Å²) in [7, 11) is 0. The second kappa shape index (κ2) is 7.28. The molecule has 0 aliphatic rings. The number of benzene rings is 2. The number of hydrogen-bond acceptors (Lipinski definition) is 4. The maximum atomic E-state index is 12.7. The smallest absolute Gasteiger partial charge is 0.271 e. The van der Waals surface area contributed by atoms with Crippen molar-refractivity contribution in [1.82, 2.24) is 0 Å². The molecule has 2 rings (SSSR count). The van der Waals surface area contributed by atoms with Crippen LogP contribution in [0.2, 0.25) is 10.0 Å². The minimum Gasteiger partial charge on any atom is -0.271 e. The fourth-order valence-corrected chi connectivity index (χ4v) is 2.18. The van der Waals surface area contributed by atoms with Gasteiger partial charge in [0.15, 0.2) is 0 Å². The van der Waals surface area contributed by atoms with Gasteiger partial charge in [-0.3, -0.25) is 15.5 Å². The van der Waals surface area contributed by atoms with Gasteiger partial charge in [-0.25, -0.2) is 0 Å². The Balaban J connectivity index is 2.33. The number of rotatable bonds is 4. The number of nitrogens with one attached hydrogen (secondary N) is 1. The summed E-state index contributed by atoms with van der Waals surface area (Å²) < 4.78 is 38.0. The Kier molecular flexibility index (Phi) is 5.54. The predicted molar refractivity (Wildman–Crippen MR) is 90.4 cm³/mol. The van der Waals surface area contributed by atoms with Crippen LogP contribution in [0, 0.1) is 10.1 Å². The number of halogens is 5. The number of nitrogens with zero attached hydrogens (tertiary/aromatic N) is 2. The van der Waals surface area contributed by atoms with Crippen LogP contribution in [0.5, 0.6) is 0 Å². The number of hydrazone groups is 1. The molecule has 2 aromatic carbocycles. The van der Waals surface area contributed by atoms with E-state index in [0.717, 1.165) is 12.1 Å². The van der Waals surface area contributed by atoms with Crippen LogP contribution in [-0.2, 0) is 6.18 Å². The first-order chi connectivity index (χ1) is 11.6. The Morgan fingerprint density at radius 2 is 1.84 bits per heavy atom. The zero-order valence-corrected chi connectivity index (χ0v) is 14.1. The standard InChI is InChI=1S/C15H10Cl2F3N3O2/c1-8(9-2-4-11(16)12(17)6-9)21-22-13-5-3-10(15(18,19)20)7-14(13)23(24)25/h2-7,22H,1H3. The summed E-state index contributed by atoms with van der Waals surface area (Å²) in [4.78, 5) is 10.1. The molecular weight excluding hydrogens is 382 g/mol.